The number of fused-ring (bicyclic) bond motifs is 1. The molecule has 0 aliphatic rings. The van der Waals surface area contributed by atoms with Gasteiger partial charge in [0.15, 0.2) is 0 Å². The Balaban J connectivity index is 1.86. The Morgan fingerprint density at radius 1 is 0.912 bits per heavy atom. The van der Waals surface area contributed by atoms with E-state index in [2.05, 4.69) is 81.6 Å². The zero-order valence-electron chi connectivity index (χ0n) is 19.8. The van der Waals surface area contributed by atoms with Crippen LogP contribution in [0.1, 0.15) is 48.8 Å². The zero-order chi connectivity index (χ0) is 24.1. The molecule has 0 saturated heterocycles. The van der Waals surface area contributed by atoms with E-state index in [0.29, 0.717) is 5.92 Å². The summed E-state index contributed by atoms with van der Waals surface area (Å²) in [4.78, 5) is 4.74. The second kappa shape index (κ2) is 10.7. The summed E-state index contributed by atoms with van der Waals surface area (Å²) < 4.78 is 0. The fourth-order valence-corrected chi connectivity index (χ4v) is 4.55. The molecule has 1 aromatic heterocycles. The van der Waals surface area contributed by atoms with Crippen LogP contribution in [0, 0.1) is 0 Å². The van der Waals surface area contributed by atoms with Crippen molar-refractivity contribution >= 4 is 22.5 Å². The van der Waals surface area contributed by atoms with Crippen molar-refractivity contribution in [2.24, 2.45) is 0 Å². The molecule has 0 aliphatic carbocycles. The number of halogens is 1. The molecule has 4 aromatic rings. The van der Waals surface area contributed by atoms with Gasteiger partial charge in [-0.05, 0) is 70.5 Å². The minimum absolute atomic E-state index is 0.161. The molecule has 0 spiro atoms. The van der Waals surface area contributed by atoms with Crippen molar-refractivity contribution in [1.29, 1.82) is 0 Å². The molecule has 1 heterocycles. The fourth-order valence-electron chi connectivity index (χ4n) is 4.42. The Hall–Kier alpha value is -3.42. The maximum Gasteiger partial charge on any atom is 0.0780 e. The molecule has 4 rings (SSSR count). The fraction of sp³-hybridized carbons (Fsp3) is 0.156. The van der Waals surface area contributed by atoms with Crippen LogP contribution < -0.4 is 0 Å². The van der Waals surface area contributed by atoms with Crippen molar-refractivity contribution in [3.05, 3.63) is 138 Å². The van der Waals surface area contributed by atoms with E-state index in [-0.39, 0.29) is 5.92 Å². The van der Waals surface area contributed by atoms with Gasteiger partial charge in [0.1, 0.15) is 0 Å². The third kappa shape index (κ3) is 5.21. The van der Waals surface area contributed by atoms with Gasteiger partial charge in [0.2, 0.25) is 0 Å². The molecule has 0 saturated carbocycles. The van der Waals surface area contributed by atoms with Gasteiger partial charge in [0, 0.05) is 28.1 Å². The van der Waals surface area contributed by atoms with Gasteiger partial charge in [0.25, 0.3) is 0 Å². The lowest BCUT2D eigenvalue weighted by Gasteiger charge is -2.20. The van der Waals surface area contributed by atoms with E-state index in [1.165, 1.54) is 33.2 Å². The van der Waals surface area contributed by atoms with Crippen LogP contribution in [0.4, 0.5) is 0 Å². The summed E-state index contributed by atoms with van der Waals surface area (Å²) in [6.07, 6.45) is 8.46. The lowest BCUT2D eigenvalue weighted by Crippen LogP contribution is -2.03. The van der Waals surface area contributed by atoms with Crippen LogP contribution in [-0.2, 0) is 0 Å². The maximum atomic E-state index is 6.20. The Labute approximate surface area is 208 Å². The van der Waals surface area contributed by atoms with Crippen molar-refractivity contribution < 1.29 is 0 Å². The van der Waals surface area contributed by atoms with E-state index in [0.717, 1.165) is 22.5 Å². The van der Waals surface area contributed by atoms with Crippen LogP contribution in [0.15, 0.2) is 116 Å². The maximum absolute atomic E-state index is 6.20. The lowest BCUT2D eigenvalue weighted by atomic mass is 9.84. The largest absolute Gasteiger partial charge is 0.256 e. The van der Waals surface area contributed by atoms with Crippen molar-refractivity contribution in [3.63, 3.8) is 0 Å². The molecule has 0 aliphatic heterocycles. The van der Waals surface area contributed by atoms with E-state index >= 15 is 0 Å². The average molecular weight is 464 g/mol. The molecule has 1 unspecified atom stereocenters. The Bertz CT molecular complexity index is 1350. The highest BCUT2D eigenvalue weighted by atomic mass is 35.5. The third-order valence-electron chi connectivity index (χ3n) is 6.30. The van der Waals surface area contributed by atoms with Crippen molar-refractivity contribution in [2.45, 2.75) is 32.1 Å². The van der Waals surface area contributed by atoms with E-state index in [4.69, 9.17) is 16.6 Å². The van der Waals surface area contributed by atoms with Gasteiger partial charge in [-0.3, -0.25) is 4.98 Å². The first-order valence-corrected chi connectivity index (χ1v) is 12.1. The molecule has 2 heteroatoms. The van der Waals surface area contributed by atoms with Gasteiger partial charge in [0.05, 0.1) is 5.52 Å². The predicted molar refractivity (Wildman–Crippen MR) is 148 cm³/mol. The number of pyridine rings is 1. The quantitative estimate of drug-likeness (QED) is 0.237. The van der Waals surface area contributed by atoms with Crippen LogP contribution in [0.5, 0.6) is 0 Å². The smallest absolute Gasteiger partial charge is 0.0780 e. The number of allylic oxidation sites excluding steroid dienone is 4. The second-order valence-corrected chi connectivity index (χ2v) is 9.35. The van der Waals surface area contributed by atoms with Gasteiger partial charge in [-0.15, -0.1) is 0 Å². The molecule has 0 bridgehead atoms. The monoisotopic (exact) mass is 463 g/mol. The van der Waals surface area contributed by atoms with Crippen molar-refractivity contribution in [2.75, 3.05) is 0 Å². The average Bonchev–Trinajstić information content (AvgIpc) is 2.86. The van der Waals surface area contributed by atoms with Gasteiger partial charge >= 0.3 is 0 Å². The molecule has 0 amide bonds. The summed E-state index contributed by atoms with van der Waals surface area (Å²) in [5, 5.41) is 1.91. The first-order chi connectivity index (χ1) is 16.5. The molecule has 0 N–H and O–H groups in total. The summed E-state index contributed by atoms with van der Waals surface area (Å²) in [5.74, 6) is 0.599. The molecular weight excluding hydrogens is 434 g/mol. The van der Waals surface area contributed by atoms with Crippen LogP contribution in [0.25, 0.3) is 22.0 Å². The van der Waals surface area contributed by atoms with Crippen LogP contribution in [0.3, 0.4) is 0 Å². The highest BCUT2D eigenvalue weighted by Gasteiger charge is 2.17. The first-order valence-electron chi connectivity index (χ1n) is 11.7. The normalized spacial score (nSPS) is 12.6. The SMILES string of the molecule is C=C/C=C(\C=C)CC(c1ccc(Cl)cc1)c1cccc(-c2cc(C(C)C)cc3cccnc23)c1. The number of benzene rings is 3. The summed E-state index contributed by atoms with van der Waals surface area (Å²) in [7, 11) is 0. The number of aromatic nitrogens is 1. The first kappa shape index (κ1) is 23.7. The van der Waals surface area contributed by atoms with Crippen molar-refractivity contribution in [3.8, 4) is 11.1 Å². The summed E-state index contributed by atoms with van der Waals surface area (Å²) in [6, 6.07) is 25.7. The number of rotatable bonds is 8. The minimum atomic E-state index is 0.161. The van der Waals surface area contributed by atoms with Crippen LogP contribution >= 0.6 is 11.6 Å². The summed E-state index contributed by atoms with van der Waals surface area (Å²) >= 11 is 6.20. The van der Waals surface area contributed by atoms with Gasteiger partial charge in [-0.2, -0.15) is 0 Å². The molecule has 34 heavy (non-hydrogen) atoms. The standard InChI is InChI=1S/C32H30ClN/c1-5-9-23(6-2)18-30(24-13-15-29(33)16-14-24)25-10-7-11-26(19-25)31-21-28(22(3)4)20-27-12-8-17-34-32(27)31/h5-17,19-22,30H,1-2,18H2,3-4H3/b23-9+. The summed E-state index contributed by atoms with van der Waals surface area (Å²) in [6.45, 7) is 12.3. The molecule has 3 aromatic carbocycles. The minimum Gasteiger partial charge on any atom is -0.256 e. The zero-order valence-corrected chi connectivity index (χ0v) is 20.6. The van der Waals surface area contributed by atoms with Gasteiger partial charge in [-0.25, -0.2) is 0 Å². The Morgan fingerprint density at radius 3 is 2.41 bits per heavy atom. The predicted octanol–water partition coefficient (Wildman–Crippen LogP) is 9.50. The highest BCUT2D eigenvalue weighted by molar-refractivity contribution is 6.30. The van der Waals surface area contributed by atoms with E-state index in [9.17, 15) is 0 Å². The van der Waals surface area contributed by atoms with Crippen LogP contribution in [-0.4, -0.2) is 4.98 Å². The van der Waals surface area contributed by atoms with Crippen LogP contribution in [0.2, 0.25) is 5.02 Å². The van der Waals surface area contributed by atoms with E-state index in [1.807, 2.05) is 42.6 Å². The number of nitrogens with zero attached hydrogens (tertiary/aromatic N) is 1. The third-order valence-corrected chi connectivity index (χ3v) is 6.55. The number of hydrogen-bond acceptors (Lipinski definition) is 1. The van der Waals surface area contributed by atoms with E-state index in [1.54, 1.807) is 0 Å². The molecular formula is C32H30ClN. The molecule has 170 valence electrons. The summed E-state index contributed by atoms with van der Waals surface area (Å²) in [5.41, 5.74) is 8.31. The second-order valence-electron chi connectivity index (χ2n) is 8.91. The topological polar surface area (TPSA) is 12.9 Å². The van der Waals surface area contributed by atoms with Crippen molar-refractivity contribution in [1.82, 2.24) is 4.98 Å². The molecule has 1 nitrogen and oxygen atoms in total. The number of hydrogen-bond donors (Lipinski definition) is 0. The molecule has 1 atom stereocenters. The highest BCUT2D eigenvalue weighted by Crippen LogP contribution is 2.36. The van der Waals surface area contributed by atoms with Gasteiger partial charge in [-0.1, -0.05) is 99.3 Å². The molecule has 0 radical (unpaired) electrons. The lowest BCUT2D eigenvalue weighted by molar-refractivity contribution is 0.809. The molecule has 0 fully saturated rings. The Kier molecular flexibility index (Phi) is 7.45. The van der Waals surface area contributed by atoms with E-state index < -0.39 is 0 Å². The van der Waals surface area contributed by atoms with Gasteiger partial charge < -0.3 is 0 Å². The Morgan fingerprint density at radius 2 is 1.71 bits per heavy atom.